The van der Waals surface area contributed by atoms with Crippen LogP contribution in [-0.4, -0.2) is 26.2 Å². The molecule has 23 heavy (non-hydrogen) atoms. The Hall–Kier alpha value is -2.39. The van der Waals surface area contributed by atoms with Crippen LogP contribution < -0.4 is 5.32 Å². The van der Waals surface area contributed by atoms with Gasteiger partial charge in [-0.05, 0) is 12.8 Å². The van der Waals surface area contributed by atoms with E-state index < -0.39 is 23.8 Å². The van der Waals surface area contributed by atoms with E-state index in [0.717, 1.165) is 0 Å². The van der Waals surface area contributed by atoms with E-state index in [0.29, 0.717) is 24.2 Å². The summed E-state index contributed by atoms with van der Waals surface area (Å²) in [5.41, 5.74) is -1.46. The lowest BCUT2D eigenvalue weighted by Gasteiger charge is -2.07. The Bertz CT molecular complexity index is 677. The van der Waals surface area contributed by atoms with E-state index in [1.54, 1.807) is 12.0 Å². The van der Waals surface area contributed by atoms with Crippen molar-refractivity contribution in [2.24, 2.45) is 5.92 Å². The molecule has 10 heteroatoms. The summed E-state index contributed by atoms with van der Waals surface area (Å²) in [5, 5.41) is 11.4. The Labute approximate surface area is 129 Å². The van der Waals surface area contributed by atoms with Gasteiger partial charge in [-0.1, -0.05) is 19.0 Å². The fraction of sp³-hybridized carbons (Fsp3) is 0.538. The van der Waals surface area contributed by atoms with Gasteiger partial charge in [0.1, 0.15) is 11.7 Å². The van der Waals surface area contributed by atoms with E-state index in [1.165, 1.54) is 0 Å². The van der Waals surface area contributed by atoms with Crippen molar-refractivity contribution in [3.05, 3.63) is 29.2 Å². The average molecular weight is 331 g/mol. The predicted molar refractivity (Wildman–Crippen MR) is 72.3 cm³/mol. The normalized spacial score (nSPS) is 13.3. The summed E-state index contributed by atoms with van der Waals surface area (Å²) in [6.45, 7) is 5.58. The van der Waals surface area contributed by atoms with Gasteiger partial charge in [-0.3, -0.25) is 9.89 Å². The molecule has 2 heterocycles. The molecule has 0 saturated carbocycles. The molecule has 0 bridgehead atoms. The van der Waals surface area contributed by atoms with E-state index in [2.05, 4.69) is 20.6 Å². The second kappa shape index (κ2) is 6.39. The highest BCUT2D eigenvalue weighted by Crippen LogP contribution is 2.27. The molecule has 7 nitrogen and oxygen atoms in total. The molecule has 1 atom stereocenters. The second-order valence-electron chi connectivity index (χ2n) is 5.51. The van der Waals surface area contributed by atoms with Crippen LogP contribution >= 0.6 is 0 Å². The lowest BCUT2D eigenvalue weighted by molar-refractivity contribution is -0.141. The van der Waals surface area contributed by atoms with Gasteiger partial charge < -0.3 is 9.84 Å². The Morgan fingerprint density at radius 1 is 1.39 bits per heavy atom. The molecule has 0 saturated heterocycles. The number of H-pyrrole nitrogens is 1. The van der Waals surface area contributed by atoms with Gasteiger partial charge in [0.25, 0.3) is 5.91 Å². The fourth-order valence-corrected chi connectivity index (χ4v) is 1.81. The van der Waals surface area contributed by atoms with Crippen LogP contribution in [0.2, 0.25) is 0 Å². The standard InChI is InChI=1S/C13H16F3N5O2/c1-6(2)4-10-18-12(23-21-10)7(3)17-11(22)8-5-9(20-19-8)13(14,15)16/h5-7H,4H2,1-3H3,(H,17,22)(H,19,20). The van der Waals surface area contributed by atoms with Gasteiger partial charge in [-0.25, -0.2) is 0 Å². The first kappa shape index (κ1) is 17.0. The minimum absolute atomic E-state index is 0.181. The Morgan fingerprint density at radius 2 is 2.09 bits per heavy atom. The van der Waals surface area contributed by atoms with Crippen molar-refractivity contribution in [2.45, 2.75) is 39.4 Å². The van der Waals surface area contributed by atoms with Gasteiger partial charge in [-0.15, -0.1) is 0 Å². The number of carbonyl (C=O) groups is 1. The molecule has 2 rings (SSSR count). The lowest BCUT2D eigenvalue weighted by Crippen LogP contribution is -2.27. The number of nitrogens with zero attached hydrogens (tertiary/aromatic N) is 3. The molecule has 1 unspecified atom stereocenters. The number of aromatic nitrogens is 4. The highest BCUT2D eigenvalue weighted by molar-refractivity contribution is 5.92. The first-order chi connectivity index (χ1) is 10.7. The quantitative estimate of drug-likeness (QED) is 0.877. The summed E-state index contributed by atoms with van der Waals surface area (Å²) in [7, 11) is 0. The van der Waals surface area contributed by atoms with Gasteiger partial charge in [0, 0.05) is 12.5 Å². The first-order valence-corrected chi connectivity index (χ1v) is 6.92. The zero-order chi connectivity index (χ0) is 17.2. The summed E-state index contributed by atoms with van der Waals surface area (Å²) in [6, 6.07) is -0.0120. The Kier molecular flexibility index (Phi) is 4.71. The van der Waals surface area contributed by atoms with Crippen LogP contribution in [0, 0.1) is 5.92 Å². The molecular formula is C13H16F3N5O2. The zero-order valence-corrected chi connectivity index (χ0v) is 12.7. The SMILES string of the molecule is CC(C)Cc1noc(C(C)NC(=O)c2cc(C(F)(F)F)[nH]n2)n1. The van der Waals surface area contributed by atoms with Crippen LogP contribution in [0.3, 0.4) is 0 Å². The van der Waals surface area contributed by atoms with Crippen molar-refractivity contribution < 1.29 is 22.5 Å². The van der Waals surface area contributed by atoms with Crippen molar-refractivity contribution in [3.63, 3.8) is 0 Å². The van der Waals surface area contributed by atoms with Crippen molar-refractivity contribution >= 4 is 5.91 Å². The molecule has 0 aliphatic heterocycles. The van der Waals surface area contributed by atoms with Crippen LogP contribution in [0.15, 0.2) is 10.6 Å². The van der Waals surface area contributed by atoms with Gasteiger partial charge in [0.15, 0.2) is 11.5 Å². The maximum absolute atomic E-state index is 12.5. The summed E-state index contributed by atoms with van der Waals surface area (Å²) in [4.78, 5) is 16.0. The highest BCUT2D eigenvalue weighted by Gasteiger charge is 2.34. The number of hydrogen-bond donors (Lipinski definition) is 2. The maximum Gasteiger partial charge on any atom is 0.432 e. The van der Waals surface area contributed by atoms with Crippen LogP contribution in [0.25, 0.3) is 0 Å². The predicted octanol–water partition coefficient (Wildman–Crippen LogP) is 2.50. The van der Waals surface area contributed by atoms with Gasteiger partial charge in [-0.2, -0.15) is 23.3 Å². The van der Waals surface area contributed by atoms with E-state index in [-0.39, 0.29) is 11.6 Å². The number of alkyl halides is 3. The van der Waals surface area contributed by atoms with Gasteiger partial charge >= 0.3 is 6.18 Å². The van der Waals surface area contributed by atoms with Crippen LogP contribution in [-0.2, 0) is 12.6 Å². The van der Waals surface area contributed by atoms with Crippen molar-refractivity contribution in [3.8, 4) is 0 Å². The Balaban J connectivity index is 2.02. The number of carbonyl (C=O) groups excluding carboxylic acids is 1. The number of halogens is 3. The molecule has 2 aromatic heterocycles. The lowest BCUT2D eigenvalue weighted by atomic mass is 10.1. The molecule has 126 valence electrons. The first-order valence-electron chi connectivity index (χ1n) is 6.92. The summed E-state index contributed by atoms with van der Waals surface area (Å²) in [5.74, 6) is 0.263. The van der Waals surface area contributed by atoms with E-state index in [4.69, 9.17) is 4.52 Å². The molecule has 1 amide bonds. The van der Waals surface area contributed by atoms with E-state index in [1.807, 2.05) is 13.8 Å². The van der Waals surface area contributed by atoms with Gasteiger partial charge in [0.05, 0.1) is 0 Å². The number of nitrogens with one attached hydrogen (secondary N) is 2. The van der Waals surface area contributed by atoms with E-state index in [9.17, 15) is 18.0 Å². The summed E-state index contributed by atoms with van der Waals surface area (Å²) >= 11 is 0. The average Bonchev–Trinajstić information content (AvgIpc) is 3.05. The molecule has 0 aliphatic rings. The molecule has 2 aromatic rings. The molecule has 0 fully saturated rings. The molecular weight excluding hydrogens is 315 g/mol. The van der Waals surface area contributed by atoms with Crippen molar-refractivity contribution in [1.82, 2.24) is 25.7 Å². The molecule has 0 aliphatic carbocycles. The van der Waals surface area contributed by atoms with Gasteiger partial charge in [0.2, 0.25) is 5.89 Å². The van der Waals surface area contributed by atoms with Crippen LogP contribution in [0.5, 0.6) is 0 Å². The largest absolute Gasteiger partial charge is 0.432 e. The number of rotatable bonds is 5. The molecule has 2 N–H and O–H groups in total. The van der Waals surface area contributed by atoms with Crippen LogP contribution in [0.4, 0.5) is 13.2 Å². The van der Waals surface area contributed by atoms with Crippen molar-refractivity contribution in [2.75, 3.05) is 0 Å². The zero-order valence-electron chi connectivity index (χ0n) is 12.7. The minimum Gasteiger partial charge on any atom is -0.339 e. The maximum atomic E-state index is 12.5. The topological polar surface area (TPSA) is 96.7 Å². The minimum atomic E-state index is -4.59. The number of aromatic amines is 1. The Morgan fingerprint density at radius 3 is 2.65 bits per heavy atom. The summed E-state index contributed by atoms with van der Waals surface area (Å²) in [6.07, 6.45) is -3.96. The third-order valence-electron chi connectivity index (χ3n) is 2.91. The van der Waals surface area contributed by atoms with Crippen LogP contribution in [0.1, 0.15) is 54.7 Å². The number of hydrogen-bond acceptors (Lipinski definition) is 5. The smallest absolute Gasteiger partial charge is 0.339 e. The number of amides is 1. The molecule has 0 radical (unpaired) electrons. The highest BCUT2D eigenvalue weighted by atomic mass is 19.4. The monoisotopic (exact) mass is 331 g/mol. The van der Waals surface area contributed by atoms with Crippen molar-refractivity contribution in [1.29, 1.82) is 0 Å². The van der Waals surface area contributed by atoms with E-state index >= 15 is 0 Å². The second-order valence-corrected chi connectivity index (χ2v) is 5.51. The molecule has 0 spiro atoms. The third kappa shape index (κ3) is 4.30. The molecule has 0 aromatic carbocycles. The summed E-state index contributed by atoms with van der Waals surface area (Å²) < 4.78 is 42.4. The third-order valence-corrected chi connectivity index (χ3v) is 2.91. The fourth-order valence-electron chi connectivity index (χ4n) is 1.81.